The van der Waals surface area contributed by atoms with Crippen molar-refractivity contribution < 1.29 is 33.8 Å². The number of halogens is 1. The molecule has 0 aromatic heterocycles. The maximum Gasteiger partial charge on any atom is 0.313 e. The highest BCUT2D eigenvalue weighted by Gasteiger charge is 2.75. The van der Waals surface area contributed by atoms with Gasteiger partial charge in [0.25, 0.3) is 0 Å². The van der Waals surface area contributed by atoms with Gasteiger partial charge in [0.1, 0.15) is 29.8 Å². The highest BCUT2D eigenvalue weighted by Crippen LogP contribution is 2.59. The fourth-order valence-electron chi connectivity index (χ4n) is 7.63. The van der Waals surface area contributed by atoms with Crippen molar-refractivity contribution in [3.63, 3.8) is 0 Å². The van der Waals surface area contributed by atoms with E-state index < -0.39 is 59.6 Å². The molecule has 8 atom stereocenters. The minimum absolute atomic E-state index is 0.202. The third kappa shape index (κ3) is 6.12. The molecule has 11 heteroatoms. The Balaban J connectivity index is 1.47. The molecule has 2 saturated heterocycles. The number of cyclic esters (lactones) is 1. The number of aliphatic hydroxyl groups excluding tert-OH is 1. The Labute approximate surface area is 289 Å². The predicted molar refractivity (Wildman–Crippen MR) is 181 cm³/mol. The lowest BCUT2D eigenvalue weighted by atomic mass is 9.74. The number of nitrogens with one attached hydrogen (secondary N) is 1. The summed E-state index contributed by atoms with van der Waals surface area (Å²) in [5.41, 5.74) is 0.111. The van der Waals surface area contributed by atoms with Crippen LogP contribution < -0.4 is 5.32 Å². The van der Waals surface area contributed by atoms with Crippen molar-refractivity contribution in [1.82, 2.24) is 15.1 Å². The van der Waals surface area contributed by atoms with Crippen LogP contribution in [0, 0.1) is 17.8 Å². The van der Waals surface area contributed by atoms with Gasteiger partial charge < -0.3 is 29.7 Å². The number of hydrogen-bond acceptors (Lipinski definition) is 7. The van der Waals surface area contributed by atoms with E-state index in [0.29, 0.717) is 16.5 Å². The number of rotatable bonds is 6. The lowest BCUT2D eigenvalue weighted by Gasteiger charge is -2.40. The SMILES string of the molecule is CC(C)[C@H](CO)N1C(=O)[C@@H]2[C@H]3C(=O)O[C@@H](c4ccccc4)[C@H](C)NC(=O)CC/C=C\CN(Cc4ccccc4)C(=O)[C@@H]1[C@]21C=C(Br)[C@H]3O1. The third-order valence-corrected chi connectivity index (χ3v) is 10.6. The number of likely N-dealkylation sites (tertiary alicyclic amines) is 1. The minimum atomic E-state index is -1.47. The van der Waals surface area contributed by atoms with Crippen molar-refractivity contribution in [2.24, 2.45) is 17.8 Å². The Morgan fingerprint density at radius 1 is 0.979 bits per heavy atom. The molecular weight excluding hydrogens is 678 g/mol. The van der Waals surface area contributed by atoms with Crippen molar-refractivity contribution in [1.29, 1.82) is 0 Å². The van der Waals surface area contributed by atoms with Crippen LogP contribution in [0.5, 0.6) is 0 Å². The molecule has 0 unspecified atom stereocenters. The number of carbonyl (C=O) groups is 4. The molecule has 4 heterocycles. The van der Waals surface area contributed by atoms with Crippen LogP contribution >= 0.6 is 15.9 Å². The second kappa shape index (κ2) is 14.0. The van der Waals surface area contributed by atoms with Crippen LogP contribution in [0.1, 0.15) is 50.8 Å². The number of nitrogens with zero attached hydrogens (tertiary/aromatic N) is 2. The summed E-state index contributed by atoms with van der Waals surface area (Å²) in [5, 5.41) is 13.6. The molecule has 6 rings (SSSR count). The highest BCUT2D eigenvalue weighted by molar-refractivity contribution is 9.11. The predicted octanol–water partition coefficient (Wildman–Crippen LogP) is 4.04. The second-order valence-electron chi connectivity index (χ2n) is 13.4. The maximum absolute atomic E-state index is 15.0. The van der Waals surface area contributed by atoms with Crippen LogP contribution in [0.15, 0.2) is 83.4 Å². The fourth-order valence-corrected chi connectivity index (χ4v) is 8.37. The van der Waals surface area contributed by atoms with Crippen molar-refractivity contribution in [3.8, 4) is 0 Å². The molecule has 3 amide bonds. The molecule has 2 aromatic rings. The van der Waals surface area contributed by atoms with Gasteiger partial charge in [0.2, 0.25) is 17.7 Å². The van der Waals surface area contributed by atoms with E-state index in [1.807, 2.05) is 86.7 Å². The smallest absolute Gasteiger partial charge is 0.313 e. The summed E-state index contributed by atoms with van der Waals surface area (Å²) in [6, 6.07) is 16.3. The Bertz CT molecular complexity index is 1600. The van der Waals surface area contributed by atoms with Crippen molar-refractivity contribution >= 4 is 39.6 Å². The van der Waals surface area contributed by atoms with E-state index in [1.54, 1.807) is 17.9 Å². The van der Waals surface area contributed by atoms with Crippen LogP contribution in [0.4, 0.5) is 0 Å². The van der Waals surface area contributed by atoms with E-state index in [-0.39, 0.29) is 43.8 Å². The van der Waals surface area contributed by atoms with Crippen LogP contribution in [0.2, 0.25) is 0 Å². The first kappa shape index (κ1) is 34.1. The van der Waals surface area contributed by atoms with Crippen LogP contribution in [-0.2, 0) is 35.2 Å². The zero-order chi connectivity index (χ0) is 34.2. The van der Waals surface area contributed by atoms with Gasteiger partial charge in [-0.2, -0.15) is 0 Å². The normalized spacial score (nSPS) is 32.2. The highest BCUT2D eigenvalue weighted by atomic mass is 79.9. The molecule has 48 heavy (non-hydrogen) atoms. The molecule has 0 saturated carbocycles. The number of carbonyl (C=O) groups excluding carboxylic acids is 4. The van der Waals surface area contributed by atoms with E-state index in [4.69, 9.17) is 9.47 Å². The lowest BCUT2D eigenvalue weighted by molar-refractivity contribution is -0.162. The van der Waals surface area contributed by atoms with Crippen LogP contribution in [0.25, 0.3) is 0 Å². The zero-order valence-corrected chi connectivity index (χ0v) is 28.9. The first-order valence-corrected chi connectivity index (χ1v) is 17.4. The van der Waals surface area contributed by atoms with Crippen molar-refractivity contribution in [2.45, 2.75) is 76.1 Å². The summed E-state index contributed by atoms with van der Waals surface area (Å²) in [7, 11) is 0. The fraction of sp³-hybridized carbons (Fsp3) is 0.459. The summed E-state index contributed by atoms with van der Waals surface area (Å²) in [5.74, 6) is -4.00. The first-order chi connectivity index (χ1) is 23.1. The van der Waals surface area contributed by atoms with Crippen molar-refractivity contribution in [3.05, 3.63) is 94.5 Å². The number of aliphatic hydroxyl groups is 1. The molecule has 0 radical (unpaired) electrons. The average molecular weight is 721 g/mol. The van der Waals surface area contributed by atoms with Gasteiger partial charge >= 0.3 is 5.97 Å². The van der Waals surface area contributed by atoms with E-state index in [0.717, 1.165) is 5.56 Å². The standard InChI is InChI=1S/C37H42BrN3O7/c1-22(2)27(21-42)41-33-35(45)40(20-24-13-7-4-8-14-24)18-12-6-11-17-28(43)39-23(3)31(25-15-9-5-10-16-25)47-36(46)29-30(34(41)44)37(33)19-26(38)32(29)48-37/h4-10,12-16,19,22-23,27,29-33,42H,11,17-18,20-21H2,1-3H3,(H,39,43)/b12-6-/t23-,27-,29+,30-,31+,32+,33+,37-/m0/s1. The quantitative estimate of drug-likeness (QED) is 0.341. The van der Waals surface area contributed by atoms with E-state index in [2.05, 4.69) is 21.2 Å². The molecule has 5 bridgehead atoms. The number of esters is 1. The Morgan fingerprint density at radius 3 is 2.33 bits per heavy atom. The second-order valence-corrected chi connectivity index (χ2v) is 14.3. The van der Waals surface area contributed by atoms with E-state index in [1.165, 1.54) is 4.90 Å². The summed E-state index contributed by atoms with van der Waals surface area (Å²) in [6.45, 7) is 5.66. The third-order valence-electron chi connectivity index (χ3n) is 9.96. The topological polar surface area (TPSA) is 125 Å². The number of amides is 3. The van der Waals surface area contributed by atoms with Gasteiger partial charge in [0.15, 0.2) is 0 Å². The van der Waals surface area contributed by atoms with Gasteiger partial charge in [0.05, 0.1) is 24.6 Å². The molecule has 254 valence electrons. The number of benzene rings is 2. The number of ether oxygens (including phenoxy) is 2. The first-order valence-electron chi connectivity index (χ1n) is 16.6. The van der Waals surface area contributed by atoms with Gasteiger partial charge in [-0.05, 0) is 36.5 Å². The molecule has 2 N–H and O–H groups in total. The summed E-state index contributed by atoms with van der Waals surface area (Å²) in [6.07, 6.45) is 4.45. The lowest BCUT2D eigenvalue weighted by Crippen LogP contribution is -2.59. The molecule has 4 aliphatic heterocycles. The van der Waals surface area contributed by atoms with Gasteiger partial charge in [-0.25, -0.2) is 0 Å². The monoisotopic (exact) mass is 719 g/mol. The maximum atomic E-state index is 15.0. The Hall–Kier alpha value is -3.80. The zero-order valence-electron chi connectivity index (χ0n) is 27.3. The molecule has 1 spiro atoms. The van der Waals surface area contributed by atoms with Gasteiger partial charge in [-0.15, -0.1) is 0 Å². The minimum Gasteiger partial charge on any atom is -0.455 e. The Morgan fingerprint density at radius 2 is 1.67 bits per heavy atom. The molecule has 0 aliphatic carbocycles. The van der Waals surface area contributed by atoms with E-state index in [9.17, 15) is 24.3 Å². The van der Waals surface area contributed by atoms with Gasteiger partial charge in [-0.3, -0.25) is 19.2 Å². The summed E-state index contributed by atoms with van der Waals surface area (Å²) < 4.78 is 13.4. The molecular formula is C37H42BrN3O7. The number of allylic oxidation sites excluding steroid dienone is 1. The van der Waals surface area contributed by atoms with Crippen molar-refractivity contribution in [2.75, 3.05) is 13.2 Å². The van der Waals surface area contributed by atoms with Crippen LogP contribution in [0.3, 0.4) is 0 Å². The Kier molecular flexibility index (Phi) is 9.92. The average Bonchev–Trinajstić information content (AvgIpc) is 3.66. The van der Waals surface area contributed by atoms with E-state index >= 15 is 0 Å². The molecule has 2 aromatic carbocycles. The largest absolute Gasteiger partial charge is 0.455 e. The van der Waals surface area contributed by atoms with Gasteiger partial charge in [-0.1, -0.05) is 103 Å². The summed E-state index contributed by atoms with van der Waals surface area (Å²) >= 11 is 3.60. The van der Waals surface area contributed by atoms with Gasteiger partial charge in [0, 0.05) is 24.0 Å². The molecule has 4 aliphatic rings. The summed E-state index contributed by atoms with van der Waals surface area (Å²) in [4.78, 5) is 60.2. The molecule has 10 nitrogen and oxygen atoms in total. The van der Waals surface area contributed by atoms with Crippen LogP contribution in [-0.4, -0.2) is 81.6 Å². The number of hydrogen-bond donors (Lipinski definition) is 2. The molecule has 2 fully saturated rings. The number of fused-ring (bicyclic) bond motifs is 2.